The van der Waals surface area contributed by atoms with Crippen LogP contribution in [0.4, 0.5) is 0 Å². The zero-order valence-corrected chi connectivity index (χ0v) is 19.8. The van der Waals surface area contributed by atoms with Crippen LogP contribution in [-0.2, 0) is 14.3 Å². The Morgan fingerprint density at radius 3 is 2.53 bits per heavy atom. The zero-order valence-electron chi connectivity index (χ0n) is 19.8. The Labute approximate surface area is 190 Å². The molecule has 3 N–H and O–H groups in total. The van der Waals surface area contributed by atoms with Gasteiger partial charge in [0.1, 0.15) is 6.10 Å². The first-order valence-electron chi connectivity index (χ1n) is 11.2. The third-order valence-electron chi connectivity index (χ3n) is 6.45. The second kappa shape index (κ2) is 10.9. The molecule has 6 nitrogen and oxygen atoms in total. The van der Waals surface area contributed by atoms with Gasteiger partial charge in [-0.05, 0) is 68.2 Å². The molecule has 0 spiro atoms. The Hall–Kier alpha value is -2.44. The molecule has 32 heavy (non-hydrogen) atoms. The van der Waals surface area contributed by atoms with Crippen molar-refractivity contribution in [3.8, 4) is 0 Å². The molecule has 1 aromatic rings. The minimum atomic E-state index is -1.02. The van der Waals surface area contributed by atoms with Crippen LogP contribution >= 0.6 is 0 Å². The standard InChI is InChI=1S/C26H36O6/c1-14(12-22(27)28)8-7-9-16(3)24(29)19(6)26(31)32-21-13-17(4)25(30)20-11-10-15(2)18(5)23(20)21/h7-11,14,17,19,21,24-25,29-30H,12-13H2,1-6H3,(H,27,28)/b8-7+,16-9+/t14-,17-,19-,21-,24-,25-/m0/s1. The molecule has 1 aliphatic rings. The van der Waals surface area contributed by atoms with Crippen molar-refractivity contribution in [2.24, 2.45) is 17.8 Å². The minimum Gasteiger partial charge on any atom is -0.481 e. The second-order valence-electron chi connectivity index (χ2n) is 9.20. The predicted molar refractivity (Wildman–Crippen MR) is 123 cm³/mol. The lowest BCUT2D eigenvalue weighted by molar-refractivity contribution is -0.159. The summed E-state index contributed by atoms with van der Waals surface area (Å²) in [5.74, 6) is -2.31. The minimum absolute atomic E-state index is 0.0313. The molecule has 1 aliphatic carbocycles. The van der Waals surface area contributed by atoms with Crippen molar-refractivity contribution in [2.45, 2.75) is 72.7 Å². The average Bonchev–Trinajstić information content (AvgIpc) is 2.71. The van der Waals surface area contributed by atoms with Crippen LogP contribution in [0.5, 0.6) is 0 Å². The van der Waals surface area contributed by atoms with E-state index < -0.39 is 36.2 Å². The molecule has 0 heterocycles. The second-order valence-corrected chi connectivity index (χ2v) is 9.20. The third-order valence-corrected chi connectivity index (χ3v) is 6.45. The number of carbonyl (C=O) groups is 2. The van der Waals surface area contributed by atoms with E-state index in [0.29, 0.717) is 12.0 Å². The maximum Gasteiger partial charge on any atom is 0.312 e. The van der Waals surface area contributed by atoms with Gasteiger partial charge in [-0.1, -0.05) is 44.2 Å². The van der Waals surface area contributed by atoms with Crippen molar-refractivity contribution < 1.29 is 29.6 Å². The van der Waals surface area contributed by atoms with E-state index in [9.17, 15) is 19.8 Å². The molecular weight excluding hydrogens is 408 g/mol. The number of esters is 1. The number of carboxylic acids is 1. The van der Waals surface area contributed by atoms with Crippen molar-refractivity contribution in [1.82, 2.24) is 0 Å². The molecule has 176 valence electrons. The maximum absolute atomic E-state index is 12.9. The first kappa shape index (κ1) is 25.8. The van der Waals surface area contributed by atoms with E-state index >= 15 is 0 Å². The Morgan fingerprint density at radius 1 is 1.25 bits per heavy atom. The topological polar surface area (TPSA) is 104 Å². The molecular formula is C26H36O6. The summed E-state index contributed by atoms with van der Waals surface area (Å²) >= 11 is 0. The Balaban J connectivity index is 2.13. The molecule has 0 saturated heterocycles. The summed E-state index contributed by atoms with van der Waals surface area (Å²) in [6, 6.07) is 3.88. The number of aliphatic hydroxyl groups is 2. The van der Waals surface area contributed by atoms with Crippen molar-refractivity contribution >= 4 is 11.9 Å². The Bertz CT molecular complexity index is 900. The lowest BCUT2D eigenvalue weighted by Gasteiger charge is -2.35. The summed E-state index contributed by atoms with van der Waals surface area (Å²) in [5.41, 5.74) is 4.34. The fourth-order valence-electron chi connectivity index (χ4n) is 4.15. The van der Waals surface area contributed by atoms with Crippen LogP contribution in [0, 0.1) is 31.6 Å². The van der Waals surface area contributed by atoms with Crippen molar-refractivity contribution in [1.29, 1.82) is 0 Å². The third kappa shape index (κ3) is 6.08. The summed E-state index contributed by atoms with van der Waals surface area (Å²) in [6.45, 7) is 11.1. The molecule has 0 unspecified atom stereocenters. The molecule has 0 aromatic heterocycles. The van der Waals surface area contributed by atoms with Gasteiger partial charge in [-0.25, -0.2) is 0 Å². The van der Waals surface area contributed by atoms with Gasteiger partial charge in [-0.2, -0.15) is 0 Å². The van der Waals surface area contributed by atoms with E-state index in [0.717, 1.165) is 22.3 Å². The van der Waals surface area contributed by atoms with Gasteiger partial charge in [-0.15, -0.1) is 0 Å². The fourth-order valence-corrected chi connectivity index (χ4v) is 4.15. The molecule has 0 amide bonds. The number of hydrogen-bond acceptors (Lipinski definition) is 5. The van der Waals surface area contributed by atoms with Crippen LogP contribution in [-0.4, -0.2) is 33.4 Å². The molecule has 0 bridgehead atoms. The quantitative estimate of drug-likeness (QED) is 0.401. The number of aryl methyl sites for hydroxylation is 1. The van der Waals surface area contributed by atoms with Gasteiger partial charge >= 0.3 is 11.9 Å². The Kier molecular flexibility index (Phi) is 8.81. The van der Waals surface area contributed by atoms with E-state index in [1.807, 2.05) is 32.9 Å². The molecule has 0 radical (unpaired) electrons. The normalized spacial score (nSPS) is 24.0. The van der Waals surface area contributed by atoms with Crippen LogP contribution < -0.4 is 0 Å². The van der Waals surface area contributed by atoms with E-state index in [4.69, 9.17) is 9.84 Å². The number of allylic oxidation sites excluding steroid dienone is 3. The van der Waals surface area contributed by atoms with Gasteiger partial charge in [0.25, 0.3) is 0 Å². The molecule has 0 aliphatic heterocycles. The first-order chi connectivity index (χ1) is 14.9. The SMILES string of the molecule is C/C(=C\C=C\[C@H](C)CC(=O)O)[C@H](O)[C@H](C)C(=O)O[C@H]1C[C@H](C)[C@H](O)c2ccc(C)c(C)c21. The predicted octanol–water partition coefficient (Wildman–Crippen LogP) is 4.57. The van der Waals surface area contributed by atoms with Gasteiger partial charge in [-0.3, -0.25) is 9.59 Å². The number of carboxylic acid groups (broad SMARTS) is 1. The van der Waals surface area contributed by atoms with Crippen molar-refractivity contribution in [3.63, 3.8) is 0 Å². The highest BCUT2D eigenvalue weighted by molar-refractivity contribution is 5.74. The van der Waals surface area contributed by atoms with Crippen LogP contribution in [0.1, 0.15) is 75.0 Å². The molecule has 6 atom stereocenters. The smallest absolute Gasteiger partial charge is 0.312 e. The lowest BCUT2D eigenvalue weighted by atomic mass is 9.78. The maximum atomic E-state index is 12.9. The lowest BCUT2D eigenvalue weighted by Crippen LogP contribution is -2.32. The summed E-state index contributed by atoms with van der Waals surface area (Å²) in [5, 5.41) is 30.1. The first-order valence-corrected chi connectivity index (χ1v) is 11.2. The molecule has 1 aromatic carbocycles. The number of ether oxygens (including phenoxy) is 1. The summed E-state index contributed by atoms with van der Waals surface area (Å²) in [4.78, 5) is 23.6. The molecule has 0 fully saturated rings. The van der Waals surface area contributed by atoms with E-state index in [2.05, 4.69) is 0 Å². The summed E-state index contributed by atoms with van der Waals surface area (Å²) in [6.07, 6.45) is 3.62. The highest BCUT2D eigenvalue weighted by atomic mass is 16.5. The Morgan fingerprint density at radius 2 is 1.91 bits per heavy atom. The summed E-state index contributed by atoms with van der Waals surface area (Å²) in [7, 11) is 0. The number of aliphatic carboxylic acids is 1. The molecule has 6 heteroatoms. The number of benzene rings is 1. The van der Waals surface area contributed by atoms with Gasteiger partial charge < -0.3 is 20.1 Å². The largest absolute Gasteiger partial charge is 0.481 e. The number of carbonyl (C=O) groups excluding carboxylic acids is 1. The van der Waals surface area contributed by atoms with Crippen molar-refractivity contribution in [2.75, 3.05) is 0 Å². The van der Waals surface area contributed by atoms with Gasteiger partial charge in [0.2, 0.25) is 0 Å². The van der Waals surface area contributed by atoms with Gasteiger partial charge in [0.15, 0.2) is 0 Å². The van der Waals surface area contributed by atoms with E-state index in [1.165, 1.54) is 0 Å². The fraction of sp³-hybridized carbons (Fsp3) is 0.538. The number of hydrogen-bond donors (Lipinski definition) is 3. The monoisotopic (exact) mass is 444 g/mol. The molecule has 2 rings (SSSR count). The van der Waals surface area contributed by atoms with Gasteiger partial charge in [0, 0.05) is 5.56 Å². The summed E-state index contributed by atoms with van der Waals surface area (Å²) < 4.78 is 5.87. The highest BCUT2D eigenvalue weighted by Gasteiger charge is 2.36. The molecule has 0 saturated carbocycles. The van der Waals surface area contributed by atoms with Gasteiger partial charge in [0.05, 0.1) is 24.5 Å². The highest BCUT2D eigenvalue weighted by Crippen LogP contribution is 2.44. The van der Waals surface area contributed by atoms with E-state index in [1.54, 1.807) is 39.0 Å². The van der Waals surface area contributed by atoms with Crippen LogP contribution in [0.2, 0.25) is 0 Å². The zero-order chi connectivity index (χ0) is 24.2. The van der Waals surface area contributed by atoms with Crippen LogP contribution in [0.25, 0.3) is 0 Å². The number of aliphatic hydroxyl groups excluding tert-OH is 2. The average molecular weight is 445 g/mol. The number of fused-ring (bicyclic) bond motifs is 1. The van der Waals surface area contributed by atoms with Crippen LogP contribution in [0.3, 0.4) is 0 Å². The van der Waals surface area contributed by atoms with Crippen LogP contribution in [0.15, 0.2) is 35.9 Å². The number of rotatable bonds is 8. The van der Waals surface area contributed by atoms with Crippen molar-refractivity contribution in [3.05, 3.63) is 58.2 Å². The van der Waals surface area contributed by atoms with E-state index in [-0.39, 0.29) is 18.3 Å².